The first kappa shape index (κ1) is 18.0. The van der Waals surface area contributed by atoms with Gasteiger partial charge in [0, 0.05) is 6.54 Å². The van der Waals surface area contributed by atoms with Crippen molar-refractivity contribution in [3.63, 3.8) is 0 Å². The Balaban J connectivity index is 1.90. The number of hydrogen-bond acceptors (Lipinski definition) is 5. The Morgan fingerprint density at radius 2 is 1.96 bits per heavy atom. The number of nitrogens with one attached hydrogen (secondary N) is 1. The molecule has 6 heteroatoms. The van der Waals surface area contributed by atoms with Crippen LogP contribution in [0.1, 0.15) is 44.7 Å². The Morgan fingerprint density at radius 3 is 2.71 bits per heavy atom. The summed E-state index contributed by atoms with van der Waals surface area (Å²) in [6.45, 7) is 3.21. The summed E-state index contributed by atoms with van der Waals surface area (Å²) in [6.07, 6.45) is 2.10. The van der Waals surface area contributed by atoms with Crippen LogP contribution in [0.5, 0.6) is 5.75 Å². The molecule has 128 valence electrons. The van der Waals surface area contributed by atoms with E-state index >= 15 is 0 Å². The lowest BCUT2D eigenvalue weighted by Crippen LogP contribution is -2.21. The molecule has 5 nitrogen and oxygen atoms in total. The number of carbonyl (C=O) groups is 2. The maximum absolute atomic E-state index is 12.2. The minimum atomic E-state index is -0.434. The zero-order valence-corrected chi connectivity index (χ0v) is 14.7. The van der Waals surface area contributed by atoms with Gasteiger partial charge in [-0.1, -0.05) is 25.5 Å². The molecule has 1 aromatic heterocycles. The Bertz CT molecular complexity index is 696. The second-order valence-corrected chi connectivity index (χ2v) is 6.27. The van der Waals surface area contributed by atoms with Crippen LogP contribution in [0.3, 0.4) is 0 Å². The molecule has 0 saturated carbocycles. The van der Waals surface area contributed by atoms with E-state index in [4.69, 9.17) is 4.74 Å². The summed E-state index contributed by atoms with van der Waals surface area (Å²) in [5.41, 5.74) is 0.960. The van der Waals surface area contributed by atoms with Crippen LogP contribution in [0, 0.1) is 0 Å². The molecule has 0 atom stereocenters. The van der Waals surface area contributed by atoms with Gasteiger partial charge in [-0.3, -0.25) is 4.79 Å². The average molecular weight is 347 g/mol. The summed E-state index contributed by atoms with van der Waals surface area (Å²) in [5.74, 6) is 0.155. The highest BCUT2D eigenvalue weighted by molar-refractivity contribution is 7.15. The van der Waals surface area contributed by atoms with Gasteiger partial charge >= 0.3 is 5.97 Å². The summed E-state index contributed by atoms with van der Waals surface area (Å²) in [6, 6.07) is 10.9. The molecule has 0 aliphatic carbocycles. The molecule has 0 spiro atoms. The lowest BCUT2D eigenvalue weighted by Gasteiger charge is -2.08. The van der Waals surface area contributed by atoms with Gasteiger partial charge in [-0.25, -0.2) is 4.79 Å². The molecule has 1 N–H and O–H groups in total. The average Bonchev–Trinajstić information content (AvgIpc) is 3.10. The normalized spacial score (nSPS) is 10.2. The fraction of sp³-hybridized carbons (Fsp3) is 0.333. The zero-order valence-electron chi connectivity index (χ0n) is 13.8. The Morgan fingerprint density at radius 1 is 1.17 bits per heavy atom. The van der Waals surface area contributed by atoms with Crippen LogP contribution in [-0.4, -0.2) is 25.6 Å². The third kappa shape index (κ3) is 5.09. The standard InChI is InChI=1S/C18H21NO4S/c1-3-4-10-23-14-7-5-6-13(11-14)12-19-17(20)15-8-9-16(24-15)18(21)22-2/h5-9,11H,3-4,10,12H2,1-2H3,(H,19,20). The smallest absolute Gasteiger partial charge is 0.348 e. The van der Waals surface area contributed by atoms with Gasteiger partial charge in [-0.15, -0.1) is 11.3 Å². The first-order valence-electron chi connectivity index (χ1n) is 7.82. The summed E-state index contributed by atoms with van der Waals surface area (Å²) in [4.78, 5) is 24.5. The first-order chi connectivity index (χ1) is 11.6. The molecule has 0 bridgehead atoms. The van der Waals surface area contributed by atoms with Gasteiger partial charge in [0.25, 0.3) is 5.91 Å². The van der Waals surface area contributed by atoms with E-state index in [-0.39, 0.29) is 5.91 Å². The summed E-state index contributed by atoms with van der Waals surface area (Å²) in [5, 5.41) is 2.84. The van der Waals surface area contributed by atoms with Crippen molar-refractivity contribution in [1.29, 1.82) is 0 Å². The molecule has 1 aromatic carbocycles. The Kier molecular flexibility index (Phi) is 6.81. The van der Waals surface area contributed by atoms with Crippen molar-refractivity contribution in [1.82, 2.24) is 5.32 Å². The predicted molar refractivity (Wildman–Crippen MR) is 93.7 cm³/mol. The molecule has 0 aliphatic rings. The highest BCUT2D eigenvalue weighted by Gasteiger charge is 2.13. The van der Waals surface area contributed by atoms with Crippen molar-refractivity contribution in [2.45, 2.75) is 26.3 Å². The summed E-state index contributed by atoms with van der Waals surface area (Å²) in [7, 11) is 1.32. The second-order valence-electron chi connectivity index (χ2n) is 5.19. The van der Waals surface area contributed by atoms with Gasteiger partial charge in [0.05, 0.1) is 18.6 Å². The number of carbonyl (C=O) groups excluding carboxylic acids is 2. The number of esters is 1. The fourth-order valence-corrected chi connectivity index (χ4v) is 2.86. The number of rotatable bonds is 8. The van der Waals surface area contributed by atoms with Crippen molar-refractivity contribution in [3.05, 3.63) is 51.7 Å². The molecule has 2 aromatic rings. The molecule has 0 radical (unpaired) electrons. The molecule has 24 heavy (non-hydrogen) atoms. The first-order valence-corrected chi connectivity index (χ1v) is 8.63. The van der Waals surface area contributed by atoms with E-state index in [0.717, 1.165) is 35.5 Å². The molecule has 2 rings (SSSR count). The molecule has 0 saturated heterocycles. The van der Waals surface area contributed by atoms with Crippen LogP contribution in [0.2, 0.25) is 0 Å². The van der Waals surface area contributed by atoms with E-state index in [0.29, 0.717) is 22.9 Å². The monoisotopic (exact) mass is 347 g/mol. The van der Waals surface area contributed by atoms with E-state index in [1.165, 1.54) is 7.11 Å². The molecule has 1 heterocycles. The molecule has 0 aliphatic heterocycles. The fourth-order valence-electron chi connectivity index (χ4n) is 2.02. The van der Waals surface area contributed by atoms with Crippen molar-refractivity contribution in [2.24, 2.45) is 0 Å². The van der Waals surface area contributed by atoms with E-state index in [2.05, 4.69) is 17.0 Å². The second kappa shape index (κ2) is 9.08. The van der Waals surface area contributed by atoms with Gasteiger partial charge in [-0.05, 0) is 36.2 Å². The topological polar surface area (TPSA) is 64.6 Å². The van der Waals surface area contributed by atoms with Gasteiger partial charge in [0.15, 0.2) is 0 Å². The number of benzene rings is 1. The zero-order chi connectivity index (χ0) is 17.4. The van der Waals surface area contributed by atoms with Gasteiger partial charge in [0.1, 0.15) is 10.6 Å². The maximum atomic E-state index is 12.2. The SMILES string of the molecule is CCCCOc1cccc(CNC(=O)c2ccc(C(=O)OC)s2)c1. The summed E-state index contributed by atoms with van der Waals surface area (Å²) < 4.78 is 10.3. The van der Waals surface area contributed by atoms with E-state index in [1.54, 1.807) is 12.1 Å². The number of thiophene rings is 1. The predicted octanol–water partition coefficient (Wildman–Crippen LogP) is 3.64. The molecule has 0 fully saturated rings. The lowest BCUT2D eigenvalue weighted by atomic mass is 10.2. The van der Waals surface area contributed by atoms with E-state index in [1.807, 2.05) is 24.3 Å². The third-order valence-corrected chi connectivity index (χ3v) is 4.40. The minimum Gasteiger partial charge on any atom is -0.494 e. The van der Waals surface area contributed by atoms with Gasteiger partial charge in [-0.2, -0.15) is 0 Å². The van der Waals surface area contributed by atoms with Gasteiger partial charge in [0.2, 0.25) is 0 Å². The molecular formula is C18H21NO4S. The van der Waals surface area contributed by atoms with Crippen molar-refractivity contribution < 1.29 is 19.1 Å². The van der Waals surface area contributed by atoms with Crippen molar-refractivity contribution in [3.8, 4) is 5.75 Å². The Hall–Kier alpha value is -2.34. The van der Waals surface area contributed by atoms with Crippen molar-refractivity contribution in [2.75, 3.05) is 13.7 Å². The highest BCUT2D eigenvalue weighted by Crippen LogP contribution is 2.18. The Labute approximate surface area is 145 Å². The molecule has 0 unspecified atom stereocenters. The number of ether oxygens (including phenoxy) is 2. The largest absolute Gasteiger partial charge is 0.494 e. The number of methoxy groups -OCH3 is 1. The quantitative estimate of drug-likeness (QED) is 0.585. The number of hydrogen-bond donors (Lipinski definition) is 1. The minimum absolute atomic E-state index is 0.215. The van der Waals surface area contributed by atoms with E-state index < -0.39 is 5.97 Å². The van der Waals surface area contributed by atoms with Crippen LogP contribution in [0.4, 0.5) is 0 Å². The summed E-state index contributed by atoms with van der Waals surface area (Å²) >= 11 is 1.11. The maximum Gasteiger partial charge on any atom is 0.348 e. The van der Waals surface area contributed by atoms with Crippen LogP contribution in [0.15, 0.2) is 36.4 Å². The lowest BCUT2D eigenvalue weighted by molar-refractivity contribution is 0.0606. The highest BCUT2D eigenvalue weighted by atomic mass is 32.1. The van der Waals surface area contributed by atoms with E-state index in [9.17, 15) is 9.59 Å². The third-order valence-electron chi connectivity index (χ3n) is 3.33. The number of unbranched alkanes of at least 4 members (excludes halogenated alkanes) is 1. The van der Waals surface area contributed by atoms with Crippen LogP contribution >= 0.6 is 11.3 Å². The molecular weight excluding hydrogens is 326 g/mol. The van der Waals surface area contributed by atoms with Crippen LogP contribution < -0.4 is 10.1 Å². The van der Waals surface area contributed by atoms with Crippen LogP contribution in [0.25, 0.3) is 0 Å². The van der Waals surface area contributed by atoms with Crippen molar-refractivity contribution >= 4 is 23.2 Å². The molecule has 1 amide bonds. The van der Waals surface area contributed by atoms with Gasteiger partial charge < -0.3 is 14.8 Å². The van der Waals surface area contributed by atoms with Crippen LogP contribution in [-0.2, 0) is 11.3 Å². The number of amides is 1.